The van der Waals surface area contributed by atoms with E-state index in [1.807, 2.05) is 13.8 Å². The Bertz CT molecular complexity index is 814. The highest BCUT2D eigenvalue weighted by Crippen LogP contribution is 2.32. The number of benzene rings is 1. The van der Waals surface area contributed by atoms with Crippen LogP contribution in [0.25, 0.3) is 0 Å². The second-order valence-corrected chi connectivity index (χ2v) is 6.01. The number of hydrogen-bond donors (Lipinski definition) is 2. The maximum absolute atomic E-state index is 12.5. The lowest BCUT2D eigenvalue weighted by Gasteiger charge is -2.20. The number of carbonyl (C=O) groups is 2. The van der Waals surface area contributed by atoms with Gasteiger partial charge in [0.25, 0.3) is 11.8 Å². The maximum Gasteiger partial charge on any atom is 0.262 e. The Morgan fingerprint density at radius 3 is 2.73 bits per heavy atom. The first kappa shape index (κ1) is 17.5. The van der Waals surface area contributed by atoms with Gasteiger partial charge in [0.15, 0.2) is 11.5 Å². The van der Waals surface area contributed by atoms with Crippen molar-refractivity contribution in [3.05, 3.63) is 47.9 Å². The van der Waals surface area contributed by atoms with Gasteiger partial charge in [-0.25, -0.2) is 5.43 Å². The van der Waals surface area contributed by atoms with E-state index in [9.17, 15) is 9.59 Å². The van der Waals surface area contributed by atoms with Crippen LogP contribution in [0.3, 0.4) is 0 Å². The Balaban J connectivity index is 1.64. The van der Waals surface area contributed by atoms with Crippen molar-refractivity contribution < 1.29 is 23.5 Å². The summed E-state index contributed by atoms with van der Waals surface area (Å²) in [7, 11) is 0. The zero-order chi connectivity index (χ0) is 18.5. The van der Waals surface area contributed by atoms with Crippen LogP contribution >= 0.6 is 0 Å². The molecule has 8 heteroatoms. The molecule has 0 saturated heterocycles. The predicted molar refractivity (Wildman–Crippen MR) is 93.1 cm³/mol. The summed E-state index contributed by atoms with van der Waals surface area (Å²) in [6, 6.07) is 7.54. The molecule has 26 heavy (non-hydrogen) atoms. The van der Waals surface area contributed by atoms with E-state index in [1.54, 1.807) is 30.3 Å². The number of hydrogen-bond acceptors (Lipinski definition) is 6. The lowest BCUT2D eigenvalue weighted by Crippen LogP contribution is -2.48. The molecule has 2 heterocycles. The summed E-state index contributed by atoms with van der Waals surface area (Å²) in [6.45, 7) is 3.80. The Morgan fingerprint density at radius 1 is 1.19 bits per heavy atom. The summed E-state index contributed by atoms with van der Waals surface area (Å²) < 4.78 is 15.6. The number of fused-ring (bicyclic) bond motifs is 1. The van der Waals surface area contributed by atoms with Crippen molar-refractivity contribution >= 4 is 18.0 Å². The fourth-order valence-corrected chi connectivity index (χ4v) is 2.39. The zero-order valence-electron chi connectivity index (χ0n) is 14.4. The number of carbonyl (C=O) groups excluding carboxylic acids is 2. The van der Waals surface area contributed by atoms with Crippen molar-refractivity contribution in [3.63, 3.8) is 0 Å². The largest absolute Gasteiger partial charge is 0.463 e. The zero-order valence-corrected chi connectivity index (χ0v) is 14.4. The van der Waals surface area contributed by atoms with Crippen molar-refractivity contribution in [2.24, 2.45) is 11.0 Å². The summed E-state index contributed by atoms with van der Waals surface area (Å²) in [6.07, 6.45) is 2.89. The van der Waals surface area contributed by atoms with Crippen LogP contribution in [0.4, 0.5) is 0 Å². The molecule has 1 atom stereocenters. The molecule has 136 valence electrons. The standard InChI is InChI=1S/C18H19N3O5/c1-11(2)16(18(23)21-19-9-13-4-3-7-24-13)20-17(22)12-5-6-14-15(8-12)26-10-25-14/h3-9,11,16H,10H2,1-2H3,(H,20,22)(H,21,23)/b19-9-/t16-/m0/s1. The highest BCUT2D eigenvalue weighted by atomic mass is 16.7. The van der Waals surface area contributed by atoms with Gasteiger partial charge < -0.3 is 19.2 Å². The summed E-state index contributed by atoms with van der Waals surface area (Å²) in [5.74, 6) is 0.671. The Kier molecular flexibility index (Phi) is 5.21. The summed E-state index contributed by atoms with van der Waals surface area (Å²) in [5.41, 5.74) is 2.79. The quantitative estimate of drug-likeness (QED) is 0.607. The van der Waals surface area contributed by atoms with Crippen LogP contribution in [0.2, 0.25) is 0 Å². The summed E-state index contributed by atoms with van der Waals surface area (Å²) >= 11 is 0. The fraction of sp³-hybridized carbons (Fsp3) is 0.278. The lowest BCUT2D eigenvalue weighted by atomic mass is 10.0. The average Bonchev–Trinajstić information content (AvgIpc) is 3.29. The molecule has 0 radical (unpaired) electrons. The monoisotopic (exact) mass is 357 g/mol. The van der Waals surface area contributed by atoms with E-state index in [2.05, 4.69) is 15.8 Å². The number of ether oxygens (including phenoxy) is 2. The maximum atomic E-state index is 12.5. The fourth-order valence-electron chi connectivity index (χ4n) is 2.39. The number of rotatable bonds is 6. The molecule has 0 aliphatic carbocycles. The van der Waals surface area contributed by atoms with Gasteiger partial charge in [-0.15, -0.1) is 0 Å². The molecule has 1 aromatic heterocycles. The van der Waals surface area contributed by atoms with Gasteiger partial charge in [0, 0.05) is 5.56 Å². The van der Waals surface area contributed by atoms with E-state index >= 15 is 0 Å². The molecule has 0 unspecified atom stereocenters. The smallest absolute Gasteiger partial charge is 0.262 e. The molecule has 1 aliphatic rings. The van der Waals surface area contributed by atoms with Gasteiger partial charge in [-0.1, -0.05) is 13.8 Å². The first-order valence-electron chi connectivity index (χ1n) is 8.11. The number of nitrogens with one attached hydrogen (secondary N) is 2. The molecule has 0 fully saturated rings. The van der Waals surface area contributed by atoms with Crippen molar-refractivity contribution in [2.45, 2.75) is 19.9 Å². The first-order valence-corrected chi connectivity index (χ1v) is 8.11. The highest BCUT2D eigenvalue weighted by molar-refractivity contribution is 5.98. The third-order valence-corrected chi connectivity index (χ3v) is 3.78. The van der Waals surface area contributed by atoms with Crippen LogP contribution in [-0.2, 0) is 4.79 Å². The third-order valence-electron chi connectivity index (χ3n) is 3.78. The van der Waals surface area contributed by atoms with Crippen LogP contribution in [0.15, 0.2) is 46.1 Å². The number of nitrogens with zero attached hydrogens (tertiary/aromatic N) is 1. The molecule has 2 N–H and O–H groups in total. The molecular weight excluding hydrogens is 338 g/mol. The number of hydrazone groups is 1. The molecule has 2 aromatic rings. The molecule has 8 nitrogen and oxygen atoms in total. The molecule has 1 aliphatic heterocycles. The normalized spacial score (nSPS) is 13.8. The van der Waals surface area contributed by atoms with Gasteiger partial charge in [-0.05, 0) is 36.2 Å². The Hall–Kier alpha value is -3.29. The van der Waals surface area contributed by atoms with E-state index in [-0.39, 0.29) is 18.6 Å². The second kappa shape index (κ2) is 7.73. The molecular formula is C18H19N3O5. The second-order valence-electron chi connectivity index (χ2n) is 6.01. The van der Waals surface area contributed by atoms with Gasteiger partial charge in [0.2, 0.25) is 6.79 Å². The average molecular weight is 357 g/mol. The van der Waals surface area contributed by atoms with Crippen molar-refractivity contribution in [1.82, 2.24) is 10.7 Å². The SMILES string of the molecule is CC(C)[C@H](NC(=O)c1ccc2c(c1)OCO2)C(=O)N/N=C\c1ccco1. The van der Waals surface area contributed by atoms with Crippen LogP contribution in [-0.4, -0.2) is 30.9 Å². The van der Waals surface area contributed by atoms with Crippen molar-refractivity contribution in [3.8, 4) is 11.5 Å². The van der Waals surface area contributed by atoms with E-state index < -0.39 is 11.9 Å². The van der Waals surface area contributed by atoms with Gasteiger partial charge in [0.05, 0.1) is 12.5 Å². The molecule has 0 saturated carbocycles. The van der Waals surface area contributed by atoms with Gasteiger partial charge in [-0.3, -0.25) is 9.59 Å². The van der Waals surface area contributed by atoms with E-state index in [1.165, 1.54) is 12.5 Å². The number of amides is 2. The van der Waals surface area contributed by atoms with E-state index in [4.69, 9.17) is 13.9 Å². The van der Waals surface area contributed by atoms with Gasteiger partial charge >= 0.3 is 0 Å². The third kappa shape index (κ3) is 4.02. The van der Waals surface area contributed by atoms with Gasteiger partial charge in [0.1, 0.15) is 11.8 Å². The minimum Gasteiger partial charge on any atom is -0.463 e. The minimum absolute atomic E-state index is 0.130. The van der Waals surface area contributed by atoms with Gasteiger partial charge in [-0.2, -0.15) is 5.10 Å². The predicted octanol–water partition coefficient (Wildman–Crippen LogP) is 1.91. The van der Waals surface area contributed by atoms with Crippen LogP contribution in [0, 0.1) is 5.92 Å². The summed E-state index contributed by atoms with van der Waals surface area (Å²) in [4.78, 5) is 24.8. The van der Waals surface area contributed by atoms with E-state index in [0.717, 1.165) is 0 Å². The molecule has 0 spiro atoms. The van der Waals surface area contributed by atoms with Crippen molar-refractivity contribution in [2.75, 3.05) is 6.79 Å². The molecule has 2 amide bonds. The van der Waals surface area contributed by atoms with Crippen molar-refractivity contribution in [1.29, 1.82) is 0 Å². The molecule has 0 bridgehead atoms. The number of furan rings is 1. The van der Waals surface area contributed by atoms with Crippen LogP contribution in [0.1, 0.15) is 30.0 Å². The van der Waals surface area contributed by atoms with Crippen LogP contribution in [0.5, 0.6) is 11.5 Å². The Morgan fingerprint density at radius 2 is 2.00 bits per heavy atom. The molecule has 1 aromatic carbocycles. The minimum atomic E-state index is -0.748. The highest BCUT2D eigenvalue weighted by Gasteiger charge is 2.25. The molecule has 3 rings (SSSR count). The van der Waals surface area contributed by atoms with Crippen LogP contribution < -0.4 is 20.2 Å². The topological polar surface area (TPSA) is 102 Å². The Labute approximate surface area is 150 Å². The first-order chi connectivity index (χ1) is 12.5. The lowest BCUT2D eigenvalue weighted by molar-refractivity contribution is -0.123. The summed E-state index contributed by atoms with van der Waals surface area (Å²) in [5, 5.41) is 6.56. The van der Waals surface area contributed by atoms with E-state index in [0.29, 0.717) is 22.8 Å².